The molecule has 4 aromatic rings. The number of aliphatic carboxylic acids is 1. The Bertz CT molecular complexity index is 1420. The maximum Gasteiger partial charge on any atom is 0.417 e. The van der Waals surface area contributed by atoms with E-state index in [9.17, 15) is 18.0 Å². The predicted octanol–water partition coefficient (Wildman–Crippen LogP) is 7.73. The van der Waals surface area contributed by atoms with Gasteiger partial charge in [-0.25, -0.2) is 4.79 Å². The van der Waals surface area contributed by atoms with E-state index in [-0.39, 0.29) is 11.3 Å². The molecule has 178 valence electrons. The van der Waals surface area contributed by atoms with Crippen LogP contribution in [0.2, 0.25) is 0 Å². The van der Waals surface area contributed by atoms with Crippen molar-refractivity contribution in [3.05, 3.63) is 95.6 Å². The van der Waals surface area contributed by atoms with Crippen LogP contribution in [0.5, 0.6) is 17.2 Å². The van der Waals surface area contributed by atoms with Crippen molar-refractivity contribution in [2.45, 2.75) is 13.1 Å². The van der Waals surface area contributed by atoms with Crippen LogP contribution in [0.3, 0.4) is 0 Å². The predicted molar refractivity (Wildman–Crippen MR) is 129 cm³/mol. The van der Waals surface area contributed by atoms with Gasteiger partial charge in [0.05, 0.1) is 12.7 Å². The van der Waals surface area contributed by atoms with Gasteiger partial charge < -0.3 is 14.6 Å². The van der Waals surface area contributed by atoms with Gasteiger partial charge >= 0.3 is 12.1 Å². The number of carbonyl (C=O) groups is 1. The van der Waals surface area contributed by atoms with Crippen LogP contribution in [0.15, 0.2) is 78.9 Å². The Labute approximate surface area is 199 Å². The Morgan fingerprint density at radius 3 is 2.31 bits per heavy atom. The van der Waals surface area contributed by atoms with E-state index in [2.05, 4.69) is 0 Å². The Morgan fingerprint density at radius 1 is 0.943 bits per heavy atom. The third-order valence-electron chi connectivity index (χ3n) is 5.51. The molecule has 0 aliphatic rings. The number of benzene rings is 4. The van der Waals surface area contributed by atoms with E-state index < -0.39 is 17.7 Å². The quantitative estimate of drug-likeness (QED) is 0.288. The molecular weight excluding hydrogens is 457 g/mol. The Balaban J connectivity index is 1.92. The average Bonchev–Trinajstić information content (AvgIpc) is 2.82. The number of halogens is 3. The third kappa shape index (κ3) is 5.14. The number of rotatable bonds is 6. The van der Waals surface area contributed by atoms with Crippen molar-refractivity contribution in [1.29, 1.82) is 0 Å². The number of carboxylic acid groups (broad SMARTS) is 1. The Morgan fingerprint density at radius 2 is 1.66 bits per heavy atom. The molecule has 7 heteroatoms. The zero-order valence-corrected chi connectivity index (χ0v) is 18.9. The first-order chi connectivity index (χ1) is 16.7. The van der Waals surface area contributed by atoms with Gasteiger partial charge in [0.2, 0.25) is 0 Å². The molecule has 4 nitrogen and oxygen atoms in total. The van der Waals surface area contributed by atoms with E-state index in [1.807, 2.05) is 55.5 Å². The summed E-state index contributed by atoms with van der Waals surface area (Å²) in [7, 11) is 1.56. The van der Waals surface area contributed by atoms with Gasteiger partial charge in [0.1, 0.15) is 17.2 Å². The zero-order valence-electron chi connectivity index (χ0n) is 18.9. The normalized spacial score (nSPS) is 11.7. The first-order valence-electron chi connectivity index (χ1n) is 10.6. The van der Waals surface area contributed by atoms with Crippen molar-refractivity contribution in [1.82, 2.24) is 0 Å². The second kappa shape index (κ2) is 9.54. The van der Waals surface area contributed by atoms with E-state index in [0.717, 1.165) is 34.2 Å². The molecule has 4 rings (SSSR count). The van der Waals surface area contributed by atoms with Crippen LogP contribution in [-0.2, 0) is 11.0 Å². The molecule has 0 spiro atoms. The molecule has 35 heavy (non-hydrogen) atoms. The number of ether oxygens (including phenoxy) is 2. The number of fused-ring (bicyclic) bond motifs is 1. The van der Waals surface area contributed by atoms with Crippen molar-refractivity contribution in [2.75, 3.05) is 7.11 Å². The van der Waals surface area contributed by atoms with E-state index in [1.54, 1.807) is 13.2 Å². The molecule has 0 bridgehead atoms. The summed E-state index contributed by atoms with van der Waals surface area (Å²) in [5, 5.41) is 10.3. The summed E-state index contributed by atoms with van der Waals surface area (Å²) in [5.41, 5.74) is 1.23. The number of carboxylic acids is 1. The average molecular weight is 478 g/mol. The minimum Gasteiger partial charge on any atom is -0.497 e. The number of aryl methyl sites for hydroxylation is 1. The standard InChI is InChI=1S/C28H21F3O4/c1-17-14-20-15-21(34-2)11-12-23(20)27(26(17)19-6-4-3-5-7-19)35-22-10-8-18(9-13-25(32)33)24(16-22)28(29,30)31/h3-16H,1-2H3,(H,32,33)/b13-9+. The van der Waals surface area contributed by atoms with Crippen molar-refractivity contribution < 1.29 is 32.5 Å². The van der Waals surface area contributed by atoms with Gasteiger partial charge in [-0.1, -0.05) is 42.5 Å². The maximum absolute atomic E-state index is 13.8. The van der Waals surface area contributed by atoms with Gasteiger partial charge in [-0.05, 0) is 65.4 Å². The summed E-state index contributed by atoms with van der Waals surface area (Å²) < 4.78 is 52.9. The van der Waals surface area contributed by atoms with Gasteiger partial charge in [0.15, 0.2) is 0 Å². The highest BCUT2D eigenvalue weighted by molar-refractivity contribution is 5.97. The summed E-state index contributed by atoms with van der Waals surface area (Å²) in [5.74, 6) is -0.308. The third-order valence-corrected chi connectivity index (χ3v) is 5.51. The number of hydrogen-bond donors (Lipinski definition) is 1. The number of hydrogen-bond acceptors (Lipinski definition) is 3. The van der Waals surface area contributed by atoms with Crippen LogP contribution in [0.25, 0.3) is 28.0 Å². The van der Waals surface area contributed by atoms with Gasteiger partial charge in [-0.3, -0.25) is 0 Å². The van der Waals surface area contributed by atoms with Gasteiger partial charge in [-0.15, -0.1) is 0 Å². The van der Waals surface area contributed by atoms with Crippen LogP contribution in [0.4, 0.5) is 13.2 Å². The fourth-order valence-corrected chi connectivity index (χ4v) is 3.95. The van der Waals surface area contributed by atoms with Crippen LogP contribution < -0.4 is 9.47 Å². The molecule has 0 aliphatic heterocycles. The molecule has 0 amide bonds. The SMILES string of the molecule is COc1ccc2c(Oc3ccc(/C=C/C(=O)O)c(C(F)(F)F)c3)c(-c3ccccc3)c(C)cc2c1. The van der Waals surface area contributed by atoms with Gasteiger partial charge in [0.25, 0.3) is 0 Å². The fourth-order valence-electron chi connectivity index (χ4n) is 3.95. The van der Waals surface area contributed by atoms with Gasteiger partial charge in [-0.2, -0.15) is 13.2 Å². The molecule has 0 saturated carbocycles. The lowest BCUT2D eigenvalue weighted by molar-refractivity contribution is -0.138. The highest BCUT2D eigenvalue weighted by atomic mass is 19.4. The van der Waals surface area contributed by atoms with Crippen molar-refractivity contribution in [3.8, 4) is 28.4 Å². The molecule has 4 aromatic carbocycles. The number of alkyl halides is 3. The highest BCUT2D eigenvalue weighted by Crippen LogP contribution is 2.44. The maximum atomic E-state index is 13.8. The Hall–Kier alpha value is -4.26. The molecule has 0 heterocycles. The number of methoxy groups -OCH3 is 1. The van der Waals surface area contributed by atoms with Gasteiger partial charge in [0, 0.05) is 17.0 Å². The second-order valence-corrected chi connectivity index (χ2v) is 7.87. The topological polar surface area (TPSA) is 55.8 Å². The van der Waals surface area contributed by atoms with E-state index >= 15 is 0 Å². The summed E-state index contributed by atoms with van der Waals surface area (Å²) in [6.07, 6.45) is -3.12. The summed E-state index contributed by atoms with van der Waals surface area (Å²) in [6.45, 7) is 1.91. The molecule has 1 N–H and O–H groups in total. The molecule has 0 unspecified atom stereocenters. The molecule has 0 radical (unpaired) electrons. The summed E-state index contributed by atoms with van der Waals surface area (Å²) in [4.78, 5) is 10.8. The van der Waals surface area contributed by atoms with Crippen molar-refractivity contribution in [2.24, 2.45) is 0 Å². The van der Waals surface area contributed by atoms with E-state index in [4.69, 9.17) is 14.6 Å². The summed E-state index contributed by atoms with van der Waals surface area (Å²) >= 11 is 0. The molecule has 0 atom stereocenters. The largest absolute Gasteiger partial charge is 0.497 e. The molecule has 0 fully saturated rings. The Kier molecular flexibility index (Phi) is 6.51. The summed E-state index contributed by atoms with van der Waals surface area (Å²) in [6, 6.07) is 20.3. The highest BCUT2D eigenvalue weighted by Gasteiger charge is 2.33. The van der Waals surface area contributed by atoms with E-state index in [1.165, 1.54) is 12.1 Å². The molecular formula is C28H21F3O4. The lowest BCUT2D eigenvalue weighted by Crippen LogP contribution is -2.08. The first-order valence-corrected chi connectivity index (χ1v) is 10.6. The van der Waals surface area contributed by atoms with Crippen LogP contribution in [0.1, 0.15) is 16.7 Å². The van der Waals surface area contributed by atoms with Crippen LogP contribution >= 0.6 is 0 Å². The van der Waals surface area contributed by atoms with Crippen LogP contribution in [-0.4, -0.2) is 18.2 Å². The second-order valence-electron chi connectivity index (χ2n) is 7.87. The van der Waals surface area contributed by atoms with Crippen LogP contribution in [0, 0.1) is 6.92 Å². The molecule has 0 aromatic heterocycles. The lowest BCUT2D eigenvalue weighted by Gasteiger charge is -2.19. The lowest BCUT2D eigenvalue weighted by atomic mass is 9.94. The first kappa shape index (κ1) is 23.9. The zero-order chi connectivity index (χ0) is 25.2. The minimum atomic E-state index is -4.71. The van der Waals surface area contributed by atoms with Crippen molar-refractivity contribution in [3.63, 3.8) is 0 Å². The fraction of sp³-hybridized carbons (Fsp3) is 0.107. The van der Waals surface area contributed by atoms with E-state index in [0.29, 0.717) is 23.0 Å². The molecule has 0 aliphatic carbocycles. The smallest absolute Gasteiger partial charge is 0.417 e. The van der Waals surface area contributed by atoms with Crippen molar-refractivity contribution >= 4 is 22.8 Å². The monoisotopic (exact) mass is 478 g/mol. The molecule has 0 saturated heterocycles. The minimum absolute atomic E-state index is 0.0234.